The Labute approximate surface area is 379 Å². The van der Waals surface area contributed by atoms with Gasteiger partial charge < -0.3 is 9.80 Å². The molecule has 4 rings (SSSR count). The van der Waals surface area contributed by atoms with Crippen LogP contribution in [0.25, 0.3) is 11.4 Å². The number of nitrogens with zero attached hydrogens (tertiary/aromatic N) is 2. The van der Waals surface area contributed by atoms with E-state index in [0.29, 0.717) is 30.2 Å². The standard InChI is InChI=1S/C50H78Br2N2O2S2/c1-4-7-10-13-16-19-21-24-27-30-33-40(32-29-26-23-18-15-12-9-6-3)39-54-48(42-35-37-44(52)58-42)46-45(50(54)56)47(41-34-36-43(51)57-41)53(49(46)55)38-31-28-25-22-20-17-14-11-8-5-2/h34-37,40H,4-33,38-39H2,1-3H3. The van der Waals surface area contributed by atoms with Crippen molar-refractivity contribution in [2.45, 2.75) is 213 Å². The smallest absolute Gasteiger partial charge is 0.261 e. The highest BCUT2D eigenvalue weighted by Crippen LogP contribution is 2.50. The Bertz CT molecular complexity index is 1540. The molecule has 0 spiro atoms. The lowest BCUT2D eigenvalue weighted by Crippen LogP contribution is -2.33. The molecule has 2 aliphatic heterocycles. The summed E-state index contributed by atoms with van der Waals surface area (Å²) in [4.78, 5) is 35.8. The first-order valence-electron chi connectivity index (χ1n) is 24.0. The number of hydrogen-bond acceptors (Lipinski definition) is 4. The molecule has 0 aromatic carbocycles. The van der Waals surface area contributed by atoms with E-state index >= 15 is 4.79 Å². The summed E-state index contributed by atoms with van der Waals surface area (Å²) in [6.07, 6.45) is 38.7. The molecule has 4 heterocycles. The Hall–Kier alpha value is -1.22. The van der Waals surface area contributed by atoms with Crippen molar-refractivity contribution in [2.24, 2.45) is 5.92 Å². The molecule has 2 aromatic rings. The summed E-state index contributed by atoms with van der Waals surface area (Å²) in [5.74, 6) is 0.459. The van der Waals surface area contributed by atoms with Crippen molar-refractivity contribution in [2.75, 3.05) is 13.1 Å². The highest BCUT2D eigenvalue weighted by molar-refractivity contribution is 9.11. The molecule has 0 saturated heterocycles. The van der Waals surface area contributed by atoms with Gasteiger partial charge in [-0.05, 0) is 81.3 Å². The molecule has 58 heavy (non-hydrogen) atoms. The van der Waals surface area contributed by atoms with Crippen LogP contribution in [0.1, 0.15) is 223 Å². The summed E-state index contributed by atoms with van der Waals surface area (Å²) < 4.78 is 2.04. The predicted molar refractivity (Wildman–Crippen MR) is 260 cm³/mol. The molecule has 1 unspecified atom stereocenters. The Kier molecular flexibility index (Phi) is 24.8. The van der Waals surface area contributed by atoms with Gasteiger partial charge in [-0.2, -0.15) is 0 Å². The van der Waals surface area contributed by atoms with Gasteiger partial charge in [0.05, 0.1) is 39.9 Å². The number of amides is 2. The van der Waals surface area contributed by atoms with Crippen LogP contribution in [0.2, 0.25) is 0 Å². The second-order valence-corrected chi connectivity index (χ2v) is 22.2. The molecule has 2 aliphatic rings. The van der Waals surface area contributed by atoms with Crippen LogP contribution in [0.5, 0.6) is 0 Å². The zero-order valence-corrected chi connectivity index (χ0v) is 41.6. The summed E-state index contributed by atoms with van der Waals surface area (Å²) in [7, 11) is 0. The third kappa shape index (κ3) is 16.2. The quantitative estimate of drug-likeness (QED) is 0.0646. The van der Waals surface area contributed by atoms with E-state index in [9.17, 15) is 4.79 Å². The fraction of sp³-hybridized carbons (Fsp3) is 0.720. The van der Waals surface area contributed by atoms with Crippen LogP contribution in [0.4, 0.5) is 0 Å². The van der Waals surface area contributed by atoms with Gasteiger partial charge in [-0.15, -0.1) is 22.7 Å². The molecule has 2 amide bonds. The van der Waals surface area contributed by atoms with E-state index in [4.69, 9.17) is 0 Å². The number of carbonyl (C=O) groups is 2. The Morgan fingerprint density at radius 3 is 1.14 bits per heavy atom. The Morgan fingerprint density at radius 2 is 0.776 bits per heavy atom. The summed E-state index contributed by atoms with van der Waals surface area (Å²) in [5, 5.41) is 0. The van der Waals surface area contributed by atoms with Crippen molar-refractivity contribution >= 4 is 77.7 Å². The Balaban J connectivity index is 1.49. The fourth-order valence-corrected chi connectivity index (χ4v) is 11.9. The average Bonchev–Trinajstić information content (AvgIpc) is 3.98. The van der Waals surface area contributed by atoms with Gasteiger partial charge in [0.25, 0.3) is 11.8 Å². The first kappa shape index (κ1) is 49.4. The fourth-order valence-electron chi connectivity index (χ4n) is 9.01. The zero-order chi connectivity index (χ0) is 41.4. The van der Waals surface area contributed by atoms with Crippen LogP contribution in [0.3, 0.4) is 0 Å². The van der Waals surface area contributed by atoms with Crippen molar-refractivity contribution in [3.63, 3.8) is 0 Å². The van der Waals surface area contributed by atoms with Crippen molar-refractivity contribution in [1.29, 1.82) is 0 Å². The van der Waals surface area contributed by atoms with Crippen LogP contribution in [-0.2, 0) is 9.59 Å². The molecule has 8 heteroatoms. The van der Waals surface area contributed by atoms with Gasteiger partial charge in [0.2, 0.25) is 0 Å². The van der Waals surface area contributed by atoms with Gasteiger partial charge >= 0.3 is 0 Å². The van der Waals surface area contributed by atoms with Crippen LogP contribution >= 0.6 is 54.5 Å². The number of carbonyl (C=O) groups excluding carboxylic acids is 2. The van der Waals surface area contributed by atoms with E-state index in [1.165, 1.54) is 167 Å². The minimum Gasteiger partial charge on any atom is -0.306 e. The average molecular weight is 963 g/mol. The molecular formula is C50H78Br2N2O2S2. The number of hydrogen-bond donors (Lipinski definition) is 0. The topological polar surface area (TPSA) is 40.6 Å². The number of fused-ring (bicyclic) bond motifs is 1. The molecule has 0 N–H and O–H groups in total. The maximum absolute atomic E-state index is 15.0. The molecule has 0 aliphatic carbocycles. The molecular weight excluding hydrogens is 885 g/mol. The van der Waals surface area contributed by atoms with Crippen molar-refractivity contribution in [1.82, 2.24) is 9.80 Å². The third-order valence-corrected chi connectivity index (χ3v) is 15.7. The van der Waals surface area contributed by atoms with Gasteiger partial charge in [0.15, 0.2) is 0 Å². The minimum absolute atomic E-state index is 0.00939. The summed E-state index contributed by atoms with van der Waals surface area (Å²) in [5.41, 5.74) is 2.95. The van der Waals surface area contributed by atoms with E-state index in [2.05, 4.69) is 76.9 Å². The van der Waals surface area contributed by atoms with E-state index in [-0.39, 0.29) is 11.8 Å². The lowest BCUT2D eigenvalue weighted by molar-refractivity contribution is -0.124. The van der Waals surface area contributed by atoms with Crippen LogP contribution in [0.15, 0.2) is 43.0 Å². The minimum atomic E-state index is 0.00939. The number of rotatable bonds is 35. The van der Waals surface area contributed by atoms with Crippen LogP contribution < -0.4 is 0 Å². The third-order valence-electron chi connectivity index (χ3n) is 12.4. The monoisotopic (exact) mass is 960 g/mol. The van der Waals surface area contributed by atoms with Crippen LogP contribution in [0, 0.1) is 5.92 Å². The normalized spacial score (nSPS) is 14.9. The zero-order valence-electron chi connectivity index (χ0n) is 36.8. The second-order valence-electron chi connectivity index (χ2n) is 17.3. The summed E-state index contributed by atoms with van der Waals surface area (Å²) in [6, 6.07) is 8.32. The van der Waals surface area contributed by atoms with Crippen LogP contribution in [-0.4, -0.2) is 34.7 Å². The number of thiophene rings is 2. The molecule has 4 nitrogen and oxygen atoms in total. The van der Waals surface area contributed by atoms with E-state index in [0.717, 1.165) is 54.4 Å². The highest BCUT2D eigenvalue weighted by Gasteiger charge is 2.49. The lowest BCUT2D eigenvalue weighted by Gasteiger charge is -2.28. The first-order chi connectivity index (χ1) is 28.4. The SMILES string of the molecule is CCCCCCCCCCCCC(CCCCCCCCCC)CN1C(=O)C2=C(c3ccc(Br)s3)N(CCCCCCCCCCCC)C(=O)C2=C1c1ccc(Br)s1. The largest absolute Gasteiger partial charge is 0.306 e. The van der Waals surface area contributed by atoms with Gasteiger partial charge in [-0.1, -0.05) is 194 Å². The Morgan fingerprint density at radius 1 is 0.448 bits per heavy atom. The molecule has 326 valence electrons. The maximum Gasteiger partial charge on any atom is 0.261 e. The first-order valence-corrected chi connectivity index (χ1v) is 27.3. The van der Waals surface area contributed by atoms with E-state index in [1.54, 1.807) is 22.7 Å². The highest BCUT2D eigenvalue weighted by atomic mass is 79.9. The van der Waals surface area contributed by atoms with Crippen molar-refractivity contribution < 1.29 is 9.59 Å². The van der Waals surface area contributed by atoms with Crippen molar-refractivity contribution in [3.05, 3.63) is 52.7 Å². The molecule has 0 saturated carbocycles. The number of unbranched alkanes of at least 4 members (excludes halogenated alkanes) is 25. The summed E-state index contributed by atoms with van der Waals surface area (Å²) >= 11 is 10.7. The van der Waals surface area contributed by atoms with Gasteiger partial charge in [-0.3, -0.25) is 9.59 Å². The molecule has 0 bridgehead atoms. The van der Waals surface area contributed by atoms with E-state index in [1.807, 2.05) is 9.80 Å². The van der Waals surface area contributed by atoms with Crippen molar-refractivity contribution in [3.8, 4) is 0 Å². The molecule has 0 radical (unpaired) electrons. The molecule has 2 aromatic heterocycles. The molecule has 0 fully saturated rings. The summed E-state index contributed by atoms with van der Waals surface area (Å²) in [6.45, 7) is 8.20. The van der Waals surface area contributed by atoms with Gasteiger partial charge in [-0.25, -0.2) is 0 Å². The predicted octanol–water partition coefficient (Wildman–Crippen LogP) is 17.5. The van der Waals surface area contributed by atoms with Gasteiger partial charge in [0, 0.05) is 13.1 Å². The lowest BCUT2D eigenvalue weighted by atomic mass is 9.93. The second kappa shape index (κ2) is 29.1. The molecule has 1 atom stereocenters. The van der Waals surface area contributed by atoms with E-state index < -0.39 is 0 Å². The maximum atomic E-state index is 15.0. The number of halogens is 2. The van der Waals surface area contributed by atoms with Gasteiger partial charge in [0.1, 0.15) is 0 Å².